The maximum absolute atomic E-state index is 9.31. The minimum atomic E-state index is 0.0349. The predicted octanol–water partition coefficient (Wildman–Crippen LogP) is 4.74. The van der Waals surface area contributed by atoms with Gasteiger partial charge in [0.25, 0.3) is 0 Å². The van der Waals surface area contributed by atoms with Crippen molar-refractivity contribution in [3.63, 3.8) is 0 Å². The average molecular weight is 368 g/mol. The molecule has 2 N–H and O–H groups in total. The Labute approximate surface area is 153 Å². The maximum atomic E-state index is 9.31. The van der Waals surface area contributed by atoms with Gasteiger partial charge >= 0.3 is 0 Å². The van der Waals surface area contributed by atoms with Crippen molar-refractivity contribution in [2.45, 2.75) is 39.5 Å². The second kappa shape index (κ2) is 9.28. The summed E-state index contributed by atoms with van der Waals surface area (Å²) in [7, 11) is 0. The molecule has 1 atom stereocenters. The van der Waals surface area contributed by atoms with Crippen LogP contribution >= 0.6 is 23.2 Å². The summed E-state index contributed by atoms with van der Waals surface area (Å²) in [6, 6.07) is 11.7. The third-order valence-electron chi connectivity index (χ3n) is 3.88. The molecule has 0 aliphatic rings. The predicted molar refractivity (Wildman–Crippen MR) is 100.0 cm³/mol. The summed E-state index contributed by atoms with van der Waals surface area (Å²) in [6.45, 7) is 5.13. The highest BCUT2D eigenvalue weighted by atomic mass is 35.5. The fourth-order valence-corrected chi connectivity index (χ4v) is 2.93. The average Bonchev–Trinajstić information content (AvgIpc) is 2.56. The molecule has 0 spiro atoms. The van der Waals surface area contributed by atoms with Gasteiger partial charge in [-0.25, -0.2) is 0 Å². The van der Waals surface area contributed by atoms with E-state index in [0.717, 1.165) is 17.5 Å². The summed E-state index contributed by atoms with van der Waals surface area (Å²) >= 11 is 12.4. The van der Waals surface area contributed by atoms with Crippen molar-refractivity contribution in [2.24, 2.45) is 0 Å². The molecule has 24 heavy (non-hydrogen) atoms. The van der Waals surface area contributed by atoms with Crippen LogP contribution < -0.4 is 10.1 Å². The van der Waals surface area contributed by atoms with E-state index in [0.29, 0.717) is 28.9 Å². The first-order chi connectivity index (χ1) is 11.5. The molecule has 0 heterocycles. The number of hydrogen-bond acceptors (Lipinski definition) is 3. The Balaban J connectivity index is 2.13. The van der Waals surface area contributed by atoms with Gasteiger partial charge in [-0.2, -0.15) is 0 Å². The van der Waals surface area contributed by atoms with Crippen LogP contribution in [0.1, 0.15) is 30.0 Å². The van der Waals surface area contributed by atoms with Crippen LogP contribution in [0.2, 0.25) is 10.0 Å². The van der Waals surface area contributed by atoms with Gasteiger partial charge in [0.2, 0.25) is 0 Å². The van der Waals surface area contributed by atoms with Gasteiger partial charge in [-0.3, -0.25) is 0 Å². The molecule has 0 fully saturated rings. The van der Waals surface area contributed by atoms with Crippen LogP contribution in [0.5, 0.6) is 5.75 Å². The summed E-state index contributed by atoms with van der Waals surface area (Å²) in [5.74, 6) is 0.627. The van der Waals surface area contributed by atoms with Crippen molar-refractivity contribution >= 4 is 23.2 Å². The van der Waals surface area contributed by atoms with Crippen molar-refractivity contribution in [3.8, 4) is 5.75 Å². The number of halogens is 2. The van der Waals surface area contributed by atoms with Gasteiger partial charge in [-0.05, 0) is 31.0 Å². The molecule has 0 radical (unpaired) electrons. The molecule has 0 saturated heterocycles. The monoisotopic (exact) mass is 367 g/mol. The topological polar surface area (TPSA) is 41.5 Å². The van der Waals surface area contributed by atoms with E-state index in [1.165, 1.54) is 5.56 Å². The lowest BCUT2D eigenvalue weighted by Crippen LogP contribution is -2.31. The van der Waals surface area contributed by atoms with Crippen molar-refractivity contribution in [2.75, 3.05) is 6.61 Å². The van der Waals surface area contributed by atoms with Crippen molar-refractivity contribution in [3.05, 3.63) is 63.1 Å². The second-order valence-electron chi connectivity index (χ2n) is 5.82. The smallest absolute Gasteiger partial charge is 0.142 e. The normalized spacial score (nSPS) is 12.2. The van der Waals surface area contributed by atoms with E-state index in [-0.39, 0.29) is 12.6 Å². The number of aliphatic hydroxyl groups excluding tert-OH is 1. The van der Waals surface area contributed by atoms with E-state index in [1.807, 2.05) is 25.1 Å². The fraction of sp³-hybridized carbons (Fsp3) is 0.368. The number of aliphatic hydroxyl groups is 1. The van der Waals surface area contributed by atoms with E-state index < -0.39 is 0 Å². The Hall–Kier alpha value is -1.26. The molecule has 0 aromatic heterocycles. The van der Waals surface area contributed by atoms with Crippen LogP contribution in [0.25, 0.3) is 0 Å². The van der Waals surface area contributed by atoms with Gasteiger partial charge in [-0.1, -0.05) is 60.0 Å². The third kappa shape index (κ3) is 5.38. The molecule has 3 nitrogen and oxygen atoms in total. The minimum absolute atomic E-state index is 0.0349. The van der Waals surface area contributed by atoms with Crippen LogP contribution in [-0.2, 0) is 13.2 Å². The second-order valence-corrected chi connectivity index (χ2v) is 6.66. The fourth-order valence-electron chi connectivity index (χ4n) is 2.34. The largest absolute Gasteiger partial charge is 0.487 e. The quantitative estimate of drug-likeness (QED) is 0.707. The summed E-state index contributed by atoms with van der Waals surface area (Å²) in [4.78, 5) is 0. The molecule has 5 heteroatoms. The summed E-state index contributed by atoms with van der Waals surface area (Å²) in [5.41, 5.74) is 3.17. The lowest BCUT2D eigenvalue weighted by Gasteiger charge is -2.18. The van der Waals surface area contributed by atoms with Gasteiger partial charge in [-0.15, -0.1) is 0 Å². The summed E-state index contributed by atoms with van der Waals surface area (Å²) in [5, 5.41) is 13.7. The molecule has 0 bridgehead atoms. The number of nitrogens with one attached hydrogen (secondary N) is 1. The number of ether oxygens (including phenoxy) is 1. The molecule has 0 amide bonds. The first-order valence-corrected chi connectivity index (χ1v) is 8.79. The lowest BCUT2D eigenvalue weighted by atomic mass is 10.1. The first-order valence-electron chi connectivity index (χ1n) is 8.04. The standard InChI is InChI=1S/C19H23Cl2NO2/c1-3-17(11-23)22-10-15-8-16(20)9-18(21)19(15)24-12-14-6-4-13(2)5-7-14/h4-9,17,22-23H,3,10-12H2,1-2H3/t17-/m1/s1. The zero-order valence-corrected chi connectivity index (χ0v) is 15.5. The number of aryl methyl sites for hydroxylation is 1. The molecule has 2 aromatic carbocycles. The van der Waals surface area contributed by atoms with Gasteiger partial charge in [0.15, 0.2) is 0 Å². The Morgan fingerprint density at radius 1 is 1.17 bits per heavy atom. The van der Waals surface area contributed by atoms with Gasteiger partial charge < -0.3 is 15.2 Å². The van der Waals surface area contributed by atoms with E-state index in [9.17, 15) is 5.11 Å². The Morgan fingerprint density at radius 2 is 1.88 bits per heavy atom. The van der Waals surface area contributed by atoms with Crippen LogP contribution in [0.4, 0.5) is 0 Å². The third-order valence-corrected chi connectivity index (χ3v) is 4.38. The first kappa shape index (κ1) is 19.1. The number of benzene rings is 2. The molecule has 130 valence electrons. The Bertz CT molecular complexity index is 655. The minimum Gasteiger partial charge on any atom is -0.487 e. The maximum Gasteiger partial charge on any atom is 0.142 e. The zero-order valence-electron chi connectivity index (χ0n) is 14.0. The number of rotatable bonds is 8. The van der Waals surface area contributed by atoms with E-state index in [4.69, 9.17) is 27.9 Å². The molecule has 2 aromatic rings. The molecule has 0 aliphatic carbocycles. The van der Waals surface area contributed by atoms with Crippen molar-refractivity contribution < 1.29 is 9.84 Å². The van der Waals surface area contributed by atoms with Crippen LogP contribution in [0.15, 0.2) is 36.4 Å². The van der Waals surface area contributed by atoms with Crippen molar-refractivity contribution in [1.82, 2.24) is 5.32 Å². The van der Waals surface area contributed by atoms with Gasteiger partial charge in [0.1, 0.15) is 12.4 Å². The zero-order chi connectivity index (χ0) is 17.5. The summed E-state index contributed by atoms with van der Waals surface area (Å²) < 4.78 is 5.96. The molecular weight excluding hydrogens is 345 g/mol. The SMILES string of the molecule is CC[C@H](CO)NCc1cc(Cl)cc(Cl)c1OCc1ccc(C)cc1. The summed E-state index contributed by atoms with van der Waals surface area (Å²) in [6.07, 6.45) is 0.838. The van der Waals surface area contributed by atoms with Crippen LogP contribution in [-0.4, -0.2) is 17.8 Å². The van der Waals surface area contributed by atoms with E-state index in [1.54, 1.807) is 6.07 Å². The molecule has 2 rings (SSSR count). The lowest BCUT2D eigenvalue weighted by molar-refractivity contribution is 0.237. The Morgan fingerprint density at radius 3 is 2.50 bits per heavy atom. The molecule has 0 aliphatic heterocycles. The molecule has 0 unspecified atom stereocenters. The van der Waals surface area contributed by atoms with Crippen LogP contribution in [0, 0.1) is 6.92 Å². The Kier molecular flexibility index (Phi) is 7.38. The highest BCUT2D eigenvalue weighted by Gasteiger charge is 2.13. The van der Waals surface area contributed by atoms with Crippen LogP contribution in [0.3, 0.4) is 0 Å². The highest BCUT2D eigenvalue weighted by Crippen LogP contribution is 2.33. The van der Waals surface area contributed by atoms with E-state index in [2.05, 4.69) is 24.4 Å². The number of hydrogen-bond donors (Lipinski definition) is 2. The highest BCUT2D eigenvalue weighted by molar-refractivity contribution is 6.35. The van der Waals surface area contributed by atoms with Gasteiger partial charge in [0, 0.05) is 23.2 Å². The van der Waals surface area contributed by atoms with Gasteiger partial charge in [0.05, 0.1) is 11.6 Å². The van der Waals surface area contributed by atoms with Crippen molar-refractivity contribution in [1.29, 1.82) is 0 Å². The molecule has 0 saturated carbocycles. The molecular formula is C19H23Cl2NO2. The van der Waals surface area contributed by atoms with E-state index >= 15 is 0 Å².